The van der Waals surface area contributed by atoms with Crippen LogP contribution in [0.15, 0.2) is 5.38 Å². The molecule has 22 heavy (non-hydrogen) atoms. The Kier molecular flexibility index (Phi) is 4.37. The highest BCUT2D eigenvalue weighted by Gasteiger charge is 2.30. The van der Waals surface area contributed by atoms with Crippen LogP contribution < -0.4 is 0 Å². The van der Waals surface area contributed by atoms with Gasteiger partial charge in [0.05, 0.1) is 21.6 Å². The number of aromatic nitrogens is 2. The molecule has 4 nitrogen and oxygen atoms in total. The normalized spacial score (nSPS) is 16.6. The first-order valence-corrected chi connectivity index (χ1v) is 9.13. The number of carbonyl (C=O) groups is 1. The highest BCUT2D eigenvalue weighted by molar-refractivity contribution is 7.14. The molecule has 1 aliphatic rings. The maximum atomic E-state index is 12.7. The molecule has 0 radical (unpaired) electrons. The van der Waals surface area contributed by atoms with Crippen LogP contribution in [0.2, 0.25) is 0 Å². The predicted octanol–water partition coefficient (Wildman–Crippen LogP) is 4.36. The molecule has 1 saturated carbocycles. The average molecular weight is 331 g/mol. The number of thiazole rings is 2. The Morgan fingerprint density at radius 3 is 2.68 bits per heavy atom. The van der Waals surface area contributed by atoms with E-state index in [-0.39, 0.29) is 5.78 Å². The number of aryl methyl sites for hydroxylation is 2. The van der Waals surface area contributed by atoms with E-state index in [1.807, 2.05) is 19.2 Å². The third-order valence-corrected chi connectivity index (χ3v) is 6.38. The van der Waals surface area contributed by atoms with E-state index in [0.717, 1.165) is 29.2 Å². The summed E-state index contributed by atoms with van der Waals surface area (Å²) in [6.07, 6.45) is 4.81. The Morgan fingerprint density at radius 2 is 2.09 bits per heavy atom. The summed E-state index contributed by atoms with van der Waals surface area (Å²) in [5, 5.41) is 12.9. The number of hydrogen-bond donors (Lipinski definition) is 0. The first kappa shape index (κ1) is 15.3. The van der Waals surface area contributed by atoms with Gasteiger partial charge in [-0.3, -0.25) is 4.79 Å². The largest absolute Gasteiger partial charge is 0.291 e. The third-order valence-electron chi connectivity index (χ3n) is 4.02. The van der Waals surface area contributed by atoms with Gasteiger partial charge in [-0.15, -0.1) is 22.7 Å². The van der Waals surface area contributed by atoms with Crippen LogP contribution in [0.4, 0.5) is 0 Å². The van der Waals surface area contributed by atoms with Gasteiger partial charge < -0.3 is 0 Å². The van der Waals surface area contributed by atoms with E-state index < -0.39 is 5.92 Å². The fraction of sp³-hybridized carbons (Fsp3) is 0.500. The maximum Gasteiger partial charge on any atom is 0.198 e. The van der Waals surface area contributed by atoms with E-state index in [2.05, 4.69) is 16.0 Å². The Balaban J connectivity index is 1.89. The van der Waals surface area contributed by atoms with Gasteiger partial charge in [0.15, 0.2) is 11.7 Å². The molecule has 6 heteroatoms. The monoisotopic (exact) mass is 331 g/mol. The van der Waals surface area contributed by atoms with Crippen molar-refractivity contribution in [1.82, 2.24) is 9.97 Å². The number of Topliss-reactive ketones (excluding diaryl/α,β-unsaturated/α-hetero) is 1. The number of carbonyl (C=O) groups excluding carboxylic acids is 1. The molecule has 0 amide bonds. The van der Waals surface area contributed by atoms with E-state index in [9.17, 15) is 10.1 Å². The van der Waals surface area contributed by atoms with Crippen LogP contribution in [0.1, 0.15) is 68.6 Å². The second kappa shape index (κ2) is 6.27. The molecule has 1 unspecified atom stereocenters. The SMILES string of the molecule is Cc1csc(C(C#N)C(=O)c2sc(C3CCCC3)nc2C)n1. The average Bonchev–Trinajstić information content (AvgIpc) is 3.20. The van der Waals surface area contributed by atoms with Gasteiger partial charge in [-0.2, -0.15) is 5.26 Å². The number of nitrogens with zero attached hydrogens (tertiary/aromatic N) is 3. The van der Waals surface area contributed by atoms with E-state index in [1.165, 1.54) is 35.5 Å². The fourth-order valence-corrected chi connectivity index (χ4v) is 4.90. The molecule has 0 bridgehead atoms. The van der Waals surface area contributed by atoms with Gasteiger partial charge in [0.2, 0.25) is 0 Å². The summed E-state index contributed by atoms with van der Waals surface area (Å²) in [6.45, 7) is 3.73. The molecular formula is C16H17N3OS2. The molecule has 0 N–H and O–H groups in total. The van der Waals surface area contributed by atoms with Gasteiger partial charge in [0.1, 0.15) is 5.01 Å². The van der Waals surface area contributed by atoms with Gasteiger partial charge in [-0.05, 0) is 26.7 Å². The summed E-state index contributed by atoms with van der Waals surface area (Å²) in [5.41, 5.74) is 1.60. The van der Waals surface area contributed by atoms with Crippen LogP contribution in [0.3, 0.4) is 0 Å². The maximum absolute atomic E-state index is 12.7. The lowest BCUT2D eigenvalue weighted by Gasteiger charge is -2.04. The zero-order valence-electron chi connectivity index (χ0n) is 12.6. The highest BCUT2D eigenvalue weighted by Crippen LogP contribution is 2.38. The Hall–Kier alpha value is -1.58. The van der Waals surface area contributed by atoms with Gasteiger partial charge >= 0.3 is 0 Å². The number of rotatable bonds is 4. The summed E-state index contributed by atoms with van der Waals surface area (Å²) in [7, 11) is 0. The molecule has 0 spiro atoms. The second-order valence-corrected chi connectivity index (χ2v) is 7.62. The third kappa shape index (κ3) is 2.83. The van der Waals surface area contributed by atoms with Crippen LogP contribution in [-0.2, 0) is 0 Å². The van der Waals surface area contributed by atoms with Gasteiger partial charge in [0, 0.05) is 17.0 Å². The quantitative estimate of drug-likeness (QED) is 0.781. The zero-order chi connectivity index (χ0) is 15.7. The fourth-order valence-electron chi connectivity index (χ4n) is 2.86. The van der Waals surface area contributed by atoms with Crippen molar-refractivity contribution in [1.29, 1.82) is 5.26 Å². The summed E-state index contributed by atoms with van der Waals surface area (Å²) in [6, 6.07) is 2.11. The van der Waals surface area contributed by atoms with Crippen LogP contribution in [0.5, 0.6) is 0 Å². The Morgan fingerprint density at radius 1 is 1.36 bits per heavy atom. The molecule has 1 atom stereocenters. The molecule has 0 saturated heterocycles. The molecule has 3 rings (SSSR count). The van der Waals surface area contributed by atoms with Crippen molar-refractivity contribution in [2.45, 2.75) is 51.4 Å². The number of nitriles is 1. The minimum Gasteiger partial charge on any atom is -0.291 e. The lowest BCUT2D eigenvalue weighted by Crippen LogP contribution is -2.10. The van der Waals surface area contributed by atoms with Crippen LogP contribution in [0, 0.1) is 25.2 Å². The summed E-state index contributed by atoms with van der Waals surface area (Å²) in [5.74, 6) is -0.474. The highest BCUT2D eigenvalue weighted by atomic mass is 32.1. The lowest BCUT2D eigenvalue weighted by atomic mass is 10.0. The zero-order valence-corrected chi connectivity index (χ0v) is 14.3. The van der Waals surface area contributed by atoms with Crippen molar-refractivity contribution in [3.05, 3.63) is 31.7 Å². The van der Waals surface area contributed by atoms with Crippen molar-refractivity contribution >= 4 is 28.5 Å². The van der Waals surface area contributed by atoms with E-state index in [4.69, 9.17) is 0 Å². The van der Waals surface area contributed by atoms with Crippen LogP contribution in [0.25, 0.3) is 0 Å². The standard InChI is InChI=1S/C16H17N3OS2/c1-9-8-21-16(18-9)12(7-17)13(20)14-10(2)19-15(22-14)11-5-3-4-6-11/h8,11-12H,3-6H2,1-2H3. The van der Waals surface area contributed by atoms with Crippen LogP contribution >= 0.6 is 22.7 Å². The molecule has 0 aromatic carbocycles. The molecule has 1 aliphatic carbocycles. The first-order chi connectivity index (χ1) is 10.6. The van der Waals surface area contributed by atoms with Crippen LogP contribution in [-0.4, -0.2) is 15.8 Å². The van der Waals surface area contributed by atoms with Crippen molar-refractivity contribution < 1.29 is 4.79 Å². The van der Waals surface area contributed by atoms with E-state index >= 15 is 0 Å². The topological polar surface area (TPSA) is 66.6 Å². The van der Waals surface area contributed by atoms with E-state index in [0.29, 0.717) is 15.8 Å². The van der Waals surface area contributed by atoms with Crippen molar-refractivity contribution in [2.75, 3.05) is 0 Å². The first-order valence-electron chi connectivity index (χ1n) is 7.43. The van der Waals surface area contributed by atoms with Crippen molar-refractivity contribution in [3.63, 3.8) is 0 Å². The van der Waals surface area contributed by atoms with Crippen molar-refractivity contribution in [3.8, 4) is 6.07 Å². The Bertz CT molecular complexity index is 735. The molecule has 114 valence electrons. The van der Waals surface area contributed by atoms with Crippen molar-refractivity contribution in [2.24, 2.45) is 0 Å². The number of ketones is 1. The molecule has 1 fully saturated rings. The van der Waals surface area contributed by atoms with Gasteiger partial charge in [-0.1, -0.05) is 12.8 Å². The molecule has 2 aromatic heterocycles. The van der Waals surface area contributed by atoms with Gasteiger partial charge in [0.25, 0.3) is 0 Å². The summed E-state index contributed by atoms with van der Waals surface area (Å²) < 4.78 is 0. The van der Waals surface area contributed by atoms with Gasteiger partial charge in [-0.25, -0.2) is 9.97 Å². The number of hydrogen-bond acceptors (Lipinski definition) is 6. The minimum absolute atomic E-state index is 0.156. The van der Waals surface area contributed by atoms with E-state index in [1.54, 1.807) is 0 Å². The molecule has 2 heterocycles. The minimum atomic E-state index is -0.811. The summed E-state index contributed by atoms with van der Waals surface area (Å²) in [4.78, 5) is 22.3. The smallest absolute Gasteiger partial charge is 0.198 e. The second-order valence-electron chi connectivity index (χ2n) is 5.70. The molecular weight excluding hydrogens is 314 g/mol. The molecule has 0 aliphatic heterocycles. The summed E-state index contributed by atoms with van der Waals surface area (Å²) >= 11 is 2.85. The predicted molar refractivity (Wildman–Crippen MR) is 87.6 cm³/mol. The molecule has 2 aromatic rings. The lowest BCUT2D eigenvalue weighted by molar-refractivity contribution is 0.0982. The Labute approximate surface area is 137 Å².